The number of hydrogen-bond donors (Lipinski definition) is 0. The third kappa shape index (κ3) is 2.54. The van der Waals surface area contributed by atoms with Gasteiger partial charge in [-0.2, -0.15) is 0 Å². The molecule has 26 heavy (non-hydrogen) atoms. The molecule has 2 aromatic carbocycles. The van der Waals surface area contributed by atoms with E-state index >= 15 is 0 Å². The van der Waals surface area contributed by atoms with Crippen LogP contribution in [0, 0.1) is 0 Å². The Bertz CT molecular complexity index is 1190. The van der Waals surface area contributed by atoms with E-state index in [9.17, 15) is 9.59 Å². The Balaban J connectivity index is 1.73. The number of carbonyl (C=O) groups is 1. The number of ketones is 1. The largest absolute Gasteiger partial charge is 0.486 e. The van der Waals surface area contributed by atoms with E-state index in [0.717, 1.165) is 5.52 Å². The van der Waals surface area contributed by atoms with E-state index in [1.54, 1.807) is 37.4 Å². The number of para-hydroxylation sites is 1. The summed E-state index contributed by atoms with van der Waals surface area (Å²) in [7, 11) is 1.67. The Morgan fingerprint density at radius 2 is 1.81 bits per heavy atom. The molecular weight excluding hydrogens is 332 g/mol. The van der Waals surface area contributed by atoms with Crippen LogP contribution in [0.3, 0.4) is 0 Å². The van der Waals surface area contributed by atoms with Gasteiger partial charge in [-0.05, 0) is 43.3 Å². The monoisotopic (exact) mass is 348 g/mol. The quantitative estimate of drug-likeness (QED) is 0.529. The molecule has 0 amide bonds. The Morgan fingerprint density at radius 3 is 2.54 bits per heavy atom. The Labute approximate surface area is 148 Å². The average molecular weight is 348 g/mol. The van der Waals surface area contributed by atoms with Crippen molar-refractivity contribution in [1.29, 1.82) is 0 Å². The molecule has 2 heterocycles. The topological polar surface area (TPSA) is 78.5 Å². The molecule has 0 bridgehead atoms. The molecule has 0 fully saturated rings. The Kier molecular flexibility index (Phi) is 3.76. The maximum absolute atomic E-state index is 12.4. The highest BCUT2D eigenvalue weighted by Crippen LogP contribution is 2.17. The van der Waals surface area contributed by atoms with Crippen molar-refractivity contribution in [2.24, 2.45) is 7.05 Å². The lowest BCUT2D eigenvalue weighted by atomic mass is 10.1. The summed E-state index contributed by atoms with van der Waals surface area (Å²) in [6.07, 6.45) is 0. The summed E-state index contributed by atoms with van der Waals surface area (Å²) in [4.78, 5) is 23.8. The molecule has 0 saturated carbocycles. The van der Waals surface area contributed by atoms with Crippen LogP contribution in [-0.4, -0.2) is 24.9 Å². The lowest BCUT2D eigenvalue weighted by Gasteiger charge is -2.09. The molecule has 0 radical (unpaired) electrons. The molecule has 0 saturated heterocycles. The van der Waals surface area contributed by atoms with Crippen LogP contribution in [0.15, 0.2) is 53.3 Å². The second-order valence-electron chi connectivity index (χ2n) is 6.00. The number of ether oxygens (including phenoxy) is 1. The van der Waals surface area contributed by atoms with Crippen molar-refractivity contribution >= 4 is 22.5 Å². The van der Waals surface area contributed by atoms with E-state index in [-0.39, 0.29) is 17.9 Å². The van der Waals surface area contributed by atoms with E-state index < -0.39 is 0 Å². The molecule has 4 aromatic rings. The van der Waals surface area contributed by atoms with Gasteiger partial charge < -0.3 is 4.74 Å². The van der Waals surface area contributed by atoms with Crippen molar-refractivity contribution in [1.82, 2.24) is 19.2 Å². The van der Waals surface area contributed by atoms with Gasteiger partial charge in [-0.1, -0.05) is 12.1 Å². The van der Waals surface area contributed by atoms with Gasteiger partial charge >= 0.3 is 0 Å². The fourth-order valence-corrected chi connectivity index (χ4v) is 2.92. The van der Waals surface area contributed by atoms with Gasteiger partial charge in [0.25, 0.3) is 5.56 Å². The molecule has 0 atom stereocenters. The van der Waals surface area contributed by atoms with Crippen LogP contribution in [0.2, 0.25) is 0 Å². The summed E-state index contributed by atoms with van der Waals surface area (Å²) < 4.78 is 9.08. The highest BCUT2D eigenvalue weighted by Gasteiger charge is 2.14. The predicted octanol–water partition coefficient (Wildman–Crippen LogP) is 2.36. The molecule has 0 N–H and O–H groups in total. The van der Waals surface area contributed by atoms with Gasteiger partial charge in [0.15, 0.2) is 11.6 Å². The zero-order valence-corrected chi connectivity index (χ0v) is 14.3. The summed E-state index contributed by atoms with van der Waals surface area (Å²) in [5.74, 6) is 1.68. The maximum atomic E-state index is 12.4. The average Bonchev–Trinajstić information content (AvgIpc) is 3.09. The van der Waals surface area contributed by atoms with Crippen molar-refractivity contribution in [3.05, 3.63) is 70.3 Å². The number of Topliss-reactive ketones (excluding diaryl/α,β-unsaturated/α-hetero) is 1. The number of fused-ring (bicyclic) bond motifs is 3. The SMILES string of the molecule is CC(=O)c1ccc(OCc2nnc3n(C)c(=O)c4ccccc4n23)cc1. The number of hydrogen-bond acceptors (Lipinski definition) is 5. The summed E-state index contributed by atoms with van der Waals surface area (Å²) in [6, 6.07) is 14.3. The van der Waals surface area contributed by atoms with Crippen molar-refractivity contribution in [2.45, 2.75) is 13.5 Å². The zero-order valence-electron chi connectivity index (χ0n) is 14.3. The first-order valence-corrected chi connectivity index (χ1v) is 8.12. The van der Waals surface area contributed by atoms with Crippen LogP contribution in [0.25, 0.3) is 16.7 Å². The van der Waals surface area contributed by atoms with Crippen LogP contribution >= 0.6 is 0 Å². The predicted molar refractivity (Wildman–Crippen MR) is 96.5 cm³/mol. The van der Waals surface area contributed by atoms with Crippen LogP contribution < -0.4 is 10.3 Å². The molecule has 0 aliphatic carbocycles. The summed E-state index contributed by atoms with van der Waals surface area (Å²) in [5.41, 5.74) is 1.25. The summed E-state index contributed by atoms with van der Waals surface area (Å²) in [6.45, 7) is 1.70. The number of rotatable bonds is 4. The molecule has 7 nitrogen and oxygen atoms in total. The van der Waals surface area contributed by atoms with Gasteiger partial charge in [-0.25, -0.2) is 0 Å². The van der Waals surface area contributed by atoms with Crippen molar-refractivity contribution in [3.8, 4) is 5.75 Å². The molecule has 0 unspecified atom stereocenters. The number of aryl methyl sites for hydroxylation is 1. The minimum Gasteiger partial charge on any atom is -0.486 e. The maximum Gasteiger partial charge on any atom is 0.262 e. The fourth-order valence-electron chi connectivity index (χ4n) is 2.92. The summed E-state index contributed by atoms with van der Waals surface area (Å²) in [5, 5.41) is 8.90. The van der Waals surface area contributed by atoms with Gasteiger partial charge in [-0.3, -0.25) is 18.6 Å². The van der Waals surface area contributed by atoms with Gasteiger partial charge in [-0.15, -0.1) is 10.2 Å². The molecule has 0 aliphatic rings. The molecule has 4 rings (SSSR count). The smallest absolute Gasteiger partial charge is 0.262 e. The van der Waals surface area contributed by atoms with E-state index in [2.05, 4.69) is 10.2 Å². The van der Waals surface area contributed by atoms with Crippen LogP contribution in [0.5, 0.6) is 5.75 Å². The Hall–Kier alpha value is -3.48. The van der Waals surface area contributed by atoms with E-state index in [1.165, 1.54) is 11.5 Å². The second kappa shape index (κ2) is 6.11. The first-order valence-electron chi connectivity index (χ1n) is 8.12. The third-order valence-electron chi connectivity index (χ3n) is 4.32. The van der Waals surface area contributed by atoms with Crippen molar-refractivity contribution < 1.29 is 9.53 Å². The highest BCUT2D eigenvalue weighted by atomic mass is 16.5. The van der Waals surface area contributed by atoms with Gasteiger partial charge in [0.1, 0.15) is 12.4 Å². The second-order valence-corrected chi connectivity index (χ2v) is 6.00. The third-order valence-corrected chi connectivity index (χ3v) is 4.32. The first-order chi connectivity index (χ1) is 12.6. The molecular formula is C19H16N4O3. The number of aromatic nitrogens is 4. The molecule has 0 aliphatic heterocycles. The van der Waals surface area contributed by atoms with Gasteiger partial charge in [0, 0.05) is 12.6 Å². The van der Waals surface area contributed by atoms with Crippen molar-refractivity contribution in [3.63, 3.8) is 0 Å². The molecule has 0 spiro atoms. The van der Waals surface area contributed by atoms with Crippen molar-refractivity contribution in [2.75, 3.05) is 0 Å². The Morgan fingerprint density at radius 1 is 1.08 bits per heavy atom. The number of carbonyl (C=O) groups excluding carboxylic acids is 1. The van der Waals surface area contributed by atoms with E-state index in [1.807, 2.05) is 22.6 Å². The van der Waals surface area contributed by atoms with Crippen LogP contribution in [0.4, 0.5) is 0 Å². The summed E-state index contributed by atoms with van der Waals surface area (Å²) >= 11 is 0. The minimum atomic E-state index is -0.118. The van der Waals surface area contributed by atoms with Gasteiger partial charge in [0.05, 0.1) is 10.9 Å². The normalized spacial score (nSPS) is 11.2. The molecule has 7 heteroatoms. The van der Waals surface area contributed by atoms with Crippen LogP contribution in [0.1, 0.15) is 23.1 Å². The molecule has 2 aromatic heterocycles. The van der Waals surface area contributed by atoms with E-state index in [4.69, 9.17) is 4.74 Å². The van der Waals surface area contributed by atoms with Gasteiger partial charge in [0.2, 0.25) is 5.78 Å². The number of benzene rings is 2. The zero-order chi connectivity index (χ0) is 18.3. The molecule has 130 valence electrons. The van der Waals surface area contributed by atoms with Crippen LogP contribution in [-0.2, 0) is 13.7 Å². The first kappa shape index (κ1) is 16.0. The van der Waals surface area contributed by atoms with E-state index in [0.29, 0.717) is 28.3 Å². The highest BCUT2D eigenvalue weighted by molar-refractivity contribution is 5.94. The standard InChI is InChI=1S/C19H16N4O3/c1-12(24)13-7-9-14(10-8-13)26-11-17-20-21-19-22(2)18(25)15-5-3-4-6-16(15)23(17)19/h3-10H,11H2,1-2H3. The fraction of sp³-hybridized carbons (Fsp3) is 0.158. The minimum absolute atomic E-state index is 0.00684. The number of nitrogens with zero attached hydrogens (tertiary/aromatic N) is 4. The lowest BCUT2D eigenvalue weighted by molar-refractivity contribution is 0.101. The lowest BCUT2D eigenvalue weighted by Crippen LogP contribution is -2.20.